The molecule has 4 N–H and O–H groups in total. The van der Waals surface area contributed by atoms with E-state index >= 15 is 0 Å². The van der Waals surface area contributed by atoms with Crippen molar-refractivity contribution in [2.45, 2.75) is 70.5 Å². The highest BCUT2D eigenvalue weighted by Crippen LogP contribution is 2.59. The van der Waals surface area contributed by atoms with Gasteiger partial charge in [0.25, 0.3) is 0 Å². The molecule has 0 spiro atoms. The van der Waals surface area contributed by atoms with E-state index in [1.807, 2.05) is 6.92 Å². The van der Waals surface area contributed by atoms with Crippen LogP contribution in [0.25, 0.3) is 0 Å². The lowest BCUT2D eigenvalue weighted by molar-refractivity contribution is -0.110. The van der Waals surface area contributed by atoms with Gasteiger partial charge >= 0.3 is 0 Å². The first-order chi connectivity index (χ1) is 10.8. The molecule has 0 aliphatic heterocycles. The van der Waals surface area contributed by atoms with Crippen molar-refractivity contribution in [3.63, 3.8) is 0 Å². The van der Waals surface area contributed by atoms with E-state index in [0.717, 1.165) is 38.5 Å². The standard InChI is InChI=1S/C19H34O4/c1-18(7-5-13(22)9-12(18)10-20)16-3-4-17-14(15(16)11-21)6-8-19(17,2)23/h12-17,20-23H,3-11H2,1-2H3/t12-,13+,14+,15+,16+,17+,18+,19+/m1/s1. The van der Waals surface area contributed by atoms with E-state index in [0.29, 0.717) is 24.2 Å². The molecule has 0 bridgehead atoms. The summed E-state index contributed by atoms with van der Waals surface area (Å²) in [4.78, 5) is 0. The van der Waals surface area contributed by atoms with Crippen molar-refractivity contribution >= 4 is 0 Å². The molecule has 3 aliphatic rings. The molecule has 4 heteroatoms. The summed E-state index contributed by atoms with van der Waals surface area (Å²) >= 11 is 0. The van der Waals surface area contributed by atoms with Crippen LogP contribution in [0.1, 0.15) is 58.8 Å². The van der Waals surface area contributed by atoms with Crippen molar-refractivity contribution in [2.75, 3.05) is 13.2 Å². The Morgan fingerprint density at radius 2 is 1.61 bits per heavy atom. The van der Waals surface area contributed by atoms with Crippen molar-refractivity contribution < 1.29 is 20.4 Å². The van der Waals surface area contributed by atoms with Crippen LogP contribution in [-0.2, 0) is 0 Å². The van der Waals surface area contributed by atoms with E-state index in [-0.39, 0.29) is 36.6 Å². The second-order valence-corrected chi connectivity index (χ2v) is 9.01. The minimum Gasteiger partial charge on any atom is -0.396 e. The van der Waals surface area contributed by atoms with E-state index in [1.54, 1.807) is 0 Å². The molecule has 3 aliphatic carbocycles. The summed E-state index contributed by atoms with van der Waals surface area (Å²) < 4.78 is 0. The summed E-state index contributed by atoms with van der Waals surface area (Å²) in [6, 6.07) is 0. The minimum atomic E-state index is -0.580. The van der Waals surface area contributed by atoms with Crippen LogP contribution in [0.4, 0.5) is 0 Å². The van der Waals surface area contributed by atoms with Crippen molar-refractivity contribution in [1.82, 2.24) is 0 Å². The van der Waals surface area contributed by atoms with Crippen molar-refractivity contribution in [1.29, 1.82) is 0 Å². The molecular formula is C19H34O4. The zero-order chi connectivity index (χ0) is 16.8. The fraction of sp³-hybridized carbons (Fsp3) is 1.00. The first kappa shape index (κ1) is 17.7. The van der Waals surface area contributed by atoms with Gasteiger partial charge < -0.3 is 20.4 Å². The minimum absolute atomic E-state index is 0.0131. The van der Waals surface area contributed by atoms with Crippen LogP contribution in [0, 0.1) is 35.0 Å². The van der Waals surface area contributed by atoms with Crippen LogP contribution in [0.3, 0.4) is 0 Å². The van der Waals surface area contributed by atoms with Crippen molar-refractivity contribution in [3.05, 3.63) is 0 Å². The summed E-state index contributed by atoms with van der Waals surface area (Å²) in [7, 11) is 0. The molecule has 3 rings (SSSR count). The second-order valence-electron chi connectivity index (χ2n) is 9.01. The Morgan fingerprint density at radius 3 is 2.26 bits per heavy atom. The zero-order valence-electron chi connectivity index (χ0n) is 14.6. The molecule has 0 aromatic rings. The van der Waals surface area contributed by atoms with Crippen molar-refractivity contribution in [2.24, 2.45) is 35.0 Å². The topological polar surface area (TPSA) is 80.9 Å². The molecule has 0 heterocycles. The Bertz CT molecular complexity index is 424. The van der Waals surface area contributed by atoms with Gasteiger partial charge in [0.2, 0.25) is 0 Å². The van der Waals surface area contributed by atoms with E-state index in [9.17, 15) is 20.4 Å². The van der Waals surface area contributed by atoms with Crippen LogP contribution in [0.5, 0.6) is 0 Å². The molecule has 0 aromatic heterocycles. The molecule has 0 amide bonds. The Balaban J connectivity index is 1.84. The number of aliphatic hydroxyl groups excluding tert-OH is 3. The smallest absolute Gasteiger partial charge is 0.0650 e. The van der Waals surface area contributed by atoms with Gasteiger partial charge in [-0.05, 0) is 86.9 Å². The zero-order valence-corrected chi connectivity index (χ0v) is 14.6. The fourth-order valence-corrected chi connectivity index (χ4v) is 6.47. The number of hydrogen-bond donors (Lipinski definition) is 4. The Kier molecular flexibility index (Phi) is 4.83. The largest absolute Gasteiger partial charge is 0.396 e. The van der Waals surface area contributed by atoms with Crippen LogP contribution in [-0.4, -0.2) is 45.3 Å². The van der Waals surface area contributed by atoms with Crippen LogP contribution >= 0.6 is 0 Å². The van der Waals surface area contributed by atoms with Gasteiger partial charge in [-0.25, -0.2) is 0 Å². The monoisotopic (exact) mass is 326 g/mol. The predicted octanol–water partition coefficient (Wildman–Crippen LogP) is 1.94. The van der Waals surface area contributed by atoms with Crippen LogP contribution in [0.15, 0.2) is 0 Å². The molecule has 134 valence electrons. The molecule has 0 radical (unpaired) electrons. The first-order valence-electron chi connectivity index (χ1n) is 9.45. The summed E-state index contributed by atoms with van der Waals surface area (Å²) in [6.07, 6.45) is 5.99. The van der Waals surface area contributed by atoms with E-state index in [1.165, 1.54) is 0 Å². The maximum Gasteiger partial charge on any atom is 0.0650 e. The molecule has 3 fully saturated rings. The van der Waals surface area contributed by atoms with Gasteiger partial charge in [0.1, 0.15) is 0 Å². The predicted molar refractivity (Wildman–Crippen MR) is 88.7 cm³/mol. The number of aliphatic hydroxyl groups is 4. The van der Waals surface area contributed by atoms with Gasteiger partial charge in [-0.15, -0.1) is 0 Å². The van der Waals surface area contributed by atoms with Crippen molar-refractivity contribution in [3.8, 4) is 0 Å². The van der Waals surface area contributed by atoms with Gasteiger partial charge in [-0.1, -0.05) is 6.92 Å². The molecule has 0 unspecified atom stereocenters. The van der Waals surface area contributed by atoms with Gasteiger partial charge in [-0.3, -0.25) is 0 Å². The SMILES string of the molecule is C[C@]1([C@H]2CC[C@H]3[C@@H](CC[C@]3(C)O)[C@@H]2CO)CC[C@H](O)C[C@@H]1CO. The average Bonchev–Trinajstić information content (AvgIpc) is 2.84. The lowest BCUT2D eigenvalue weighted by Crippen LogP contribution is -2.51. The normalized spacial score (nSPS) is 54.0. The van der Waals surface area contributed by atoms with E-state index < -0.39 is 5.60 Å². The third-order valence-electron chi connectivity index (χ3n) is 7.94. The van der Waals surface area contributed by atoms with Gasteiger partial charge in [0.05, 0.1) is 11.7 Å². The quantitative estimate of drug-likeness (QED) is 0.639. The summed E-state index contributed by atoms with van der Waals surface area (Å²) in [5.41, 5.74) is -0.593. The summed E-state index contributed by atoms with van der Waals surface area (Å²) in [6.45, 7) is 4.52. The molecule has 4 nitrogen and oxygen atoms in total. The highest BCUT2D eigenvalue weighted by molar-refractivity contribution is 5.05. The van der Waals surface area contributed by atoms with Crippen LogP contribution < -0.4 is 0 Å². The van der Waals surface area contributed by atoms with E-state index in [2.05, 4.69) is 6.92 Å². The maximum absolute atomic E-state index is 10.6. The fourth-order valence-electron chi connectivity index (χ4n) is 6.47. The lowest BCUT2D eigenvalue weighted by Gasteiger charge is -2.54. The Morgan fingerprint density at radius 1 is 0.913 bits per heavy atom. The number of fused-ring (bicyclic) bond motifs is 1. The van der Waals surface area contributed by atoms with E-state index in [4.69, 9.17) is 0 Å². The second kappa shape index (κ2) is 6.29. The highest BCUT2D eigenvalue weighted by Gasteiger charge is 2.56. The molecular weight excluding hydrogens is 292 g/mol. The number of hydrogen-bond acceptors (Lipinski definition) is 4. The summed E-state index contributed by atoms with van der Waals surface area (Å²) in [5, 5.41) is 40.7. The third kappa shape index (κ3) is 2.86. The van der Waals surface area contributed by atoms with Gasteiger partial charge in [0.15, 0.2) is 0 Å². The highest BCUT2D eigenvalue weighted by atomic mass is 16.3. The van der Waals surface area contributed by atoms with Gasteiger partial charge in [-0.2, -0.15) is 0 Å². The third-order valence-corrected chi connectivity index (χ3v) is 7.94. The molecule has 0 aromatic carbocycles. The molecule has 8 atom stereocenters. The molecule has 23 heavy (non-hydrogen) atoms. The Labute approximate surface area is 139 Å². The first-order valence-corrected chi connectivity index (χ1v) is 9.45. The number of rotatable bonds is 3. The average molecular weight is 326 g/mol. The molecule has 0 saturated heterocycles. The molecule has 3 saturated carbocycles. The lowest BCUT2D eigenvalue weighted by atomic mass is 9.51. The Hall–Kier alpha value is -0.160. The van der Waals surface area contributed by atoms with Gasteiger partial charge in [0, 0.05) is 13.2 Å². The maximum atomic E-state index is 10.6. The van der Waals surface area contributed by atoms with Crippen LogP contribution in [0.2, 0.25) is 0 Å². The summed E-state index contributed by atoms with van der Waals surface area (Å²) in [5.74, 6) is 1.42.